The van der Waals surface area contributed by atoms with E-state index in [4.69, 9.17) is 5.73 Å². The van der Waals surface area contributed by atoms with Crippen LogP contribution in [0, 0.1) is 5.41 Å². The normalized spacial score (nSPS) is 19.6. The van der Waals surface area contributed by atoms with Crippen LogP contribution in [-0.2, 0) is 4.79 Å². The van der Waals surface area contributed by atoms with E-state index in [1.807, 2.05) is 6.92 Å². The lowest BCUT2D eigenvalue weighted by molar-refractivity contribution is -0.120. The lowest BCUT2D eigenvalue weighted by atomic mass is 9.72. The molecule has 0 bridgehead atoms. The first-order chi connectivity index (χ1) is 13.2. The van der Waals surface area contributed by atoms with Crippen LogP contribution >= 0.6 is 12.6 Å². The fourth-order valence-electron chi connectivity index (χ4n) is 3.54. The molecule has 0 aromatic rings. The molecular weight excluding hydrogens is 364 g/mol. The minimum atomic E-state index is -0.326. The molecule has 0 saturated carbocycles. The molecule has 1 aliphatic rings. The fourth-order valence-corrected chi connectivity index (χ4v) is 3.79. The third-order valence-corrected chi connectivity index (χ3v) is 5.58. The zero-order chi connectivity index (χ0) is 21.2. The van der Waals surface area contributed by atoms with Crippen LogP contribution in [0.5, 0.6) is 0 Å². The molecule has 0 aromatic carbocycles. The summed E-state index contributed by atoms with van der Waals surface area (Å²) in [6.07, 6.45) is 17.2. The molecule has 0 unspecified atom stereocenters. The van der Waals surface area contributed by atoms with E-state index < -0.39 is 0 Å². The number of amides is 1. The van der Waals surface area contributed by atoms with Gasteiger partial charge in [-0.05, 0) is 63.2 Å². The molecule has 0 aliphatic heterocycles. The van der Waals surface area contributed by atoms with Gasteiger partial charge in [-0.25, -0.2) is 0 Å². The van der Waals surface area contributed by atoms with Gasteiger partial charge < -0.3 is 11.1 Å². The largest absolute Gasteiger partial charge is 0.368 e. The summed E-state index contributed by atoms with van der Waals surface area (Å²) in [6.45, 7) is 11.7. The molecule has 0 fully saturated rings. The number of thiol groups is 1. The van der Waals surface area contributed by atoms with Crippen molar-refractivity contribution >= 4 is 18.5 Å². The molecule has 1 aliphatic carbocycles. The maximum Gasteiger partial charge on any atom is 0.234 e. The molecule has 3 N–H and O–H groups in total. The summed E-state index contributed by atoms with van der Waals surface area (Å²) in [5, 5.41) is 3.15. The number of nitrogens with two attached hydrogens (primary N) is 1. The second-order valence-electron chi connectivity index (χ2n) is 8.36. The van der Waals surface area contributed by atoms with E-state index in [0.29, 0.717) is 18.7 Å². The lowest BCUT2D eigenvalue weighted by Crippen LogP contribution is -2.41. The minimum Gasteiger partial charge on any atom is -0.368 e. The number of hydrogen-bond acceptors (Lipinski definition) is 3. The molecule has 1 rings (SSSR count). The Morgan fingerprint density at radius 2 is 2.00 bits per heavy atom. The Morgan fingerprint density at radius 3 is 2.61 bits per heavy atom. The summed E-state index contributed by atoms with van der Waals surface area (Å²) >= 11 is 4.16. The van der Waals surface area contributed by atoms with E-state index in [1.54, 1.807) is 0 Å². The van der Waals surface area contributed by atoms with Crippen LogP contribution < -0.4 is 11.1 Å². The van der Waals surface area contributed by atoms with Gasteiger partial charge in [-0.2, -0.15) is 12.6 Å². The first-order valence-corrected chi connectivity index (χ1v) is 10.8. The molecule has 28 heavy (non-hydrogen) atoms. The van der Waals surface area contributed by atoms with E-state index in [9.17, 15) is 4.79 Å². The monoisotopic (exact) mass is 402 g/mol. The third kappa shape index (κ3) is 8.66. The number of rotatable bonds is 10. The summed E-state index contributed by atoms with van der Waals surface area (Å²) in [4.78, 5) is 11.3. The van der Waals surface area contributed by atoms with E-state index in [1.165, 1.54) is 36.0 Å². The van der Waals surface area contributed by atoms with Gasteiger partial charge in [-0.15, -0.1) is 0 Å². The quantitative estimate of drug-likeness (QED) is 0.344. The minimum absolute atomic E-state index is 0.275. The Hall–Kier alpha value is -1.52. The smallest absolute Gasteiger partial charge is 0.234 e. The highest BCUT2D eigenvalue weighted by Crippen LogP contribution is 2.40. The number of primary amides is 1. The van der Waals surface area contributed by atoms with Gasteiger partial charge in [0.05, 0.1) is 6.04 Å². The molecule has 0 heterocycles. The van der Waals surface area contributed by atoms with Crippen LogP contribution in [0.1, 0.15) is 60.3 Å². The average molecular weight is 403 g/mol. The van der Waals surface area contributed by atoms with Gasteiger partial charge in [-0.1, -0.05) is 67.0 Å². The summed E-state index contributed by atoms with van der Waals surface area (Å²) in [7, 11) is 0. The Balaban J connectivity index is 2.61. The zero-order valence-electron chi connectivity index (χ0n) is 18.2. The van der Waals surface area contributed by atoms with Gasteiger partial charge in [-0.3, -0.25) is 4.79 Å². The maximum absolute atomic E-state index is 11.3. The SMILES string of the molecule is CC1=C(/C=C/C(C)=C/C=C/C(C)=C/CN[C@@H](CCS)C(N)=O)C(C)(C)CCC1. The van der Waals surface area contributed by atoms with Crippen molar-refractivity contribution in [1.29, 1.82) is 0 Å². The van der Waals surface area contributed by atoms with Crippen LogP contribution in [0.3, 0.4) is 0 Å². The molecule has 0 radical (unpaired) electrons. The number of allylic oxidation sites excluding steroid dienone is 9. The molecule has 1 amide bonds. The topological polar surface area (TPSA) is 55.1 Å². The van der Waals surface area contributed by atoms with Crippen LogP contribution in [0.2, 0.25) is 0 Å². The Kier molecular flexibility index (Phi) is 10.6. The van der Waals surface area contributed by atoms with Gasteiger partial charge in [0.1, 0.15) is 0 Å². The summed E-state index contributed by atoms with van der Waals surface area (Å²) in [5.74, 6) is 0.307. The molecule has 0 spiro atoms. The highest BCUT2D eigenvalue weighted by Gasteiger charge is 2.26. The van der Waals surface area contributed by atoms with Crippen molar-refractivity contribution in [2.75, 3.05) is 12.3 Å². The predicted octanol–water partition coefficient (Wildman–Crippen LogP) is 5.28. The van der Waals surface area contributed by atoms with Gasteiger partial charge in [0.2, 0.25) is 5.91 Å². The summed E-state index contributed by atoms with van der Waals surface area (Å²) in [6, 6.07) is -0.320. The highest BCUT2D eigenvalue weighted by atomic mass is 32.1. The fraction of sp³-hybridized carbons (Fsp3) is 0.542. The molecule has 4 heteroatoms. The van der Waals surface area contributed by atoms with Crippen molar-refractivity contribution in [2.24, 2.45) is 11.1 Å². The van der Waals surface area contributed by atoms with Crippen molar-refractivity contribution in [2.45, 2.75) is 66.3 Å². The van der Waals surface area contributed by atoms with Gasteiger partial charge in [0.25, 0.3) is 0 Å². The first-order valence-electron chi connectivity index (χ1n) is 10.2. The highest BCUT2D eigenvalue weighted by molar-refractivity contribution is 7.80. The number of carbonyl (C=O) groups excluding carboxylic acids is 1. The first kappa shape index (κ1) is 24.5. The molecule has 3 nitrogen and oxygen atoms in total. The van der Waals surface area contributed by atoms with Crippen LogP contribution in [0.15, 0.2) is 58.7 Å². The van der Waals surface area contributed by atoms with Crippen LogP contribution in [0.4, 0.5) is 0 Å². The second kappa shape index (κ2) is 12.1. The molecule has 0 saturated heterocycles. The Morgan fingerprint density at radius 1 is 1.29 bits per heavy atom. The van der Waals surface area contributed by atoms with Gasteiger partial charge in [0, 0.05) is 6.54 Å². The van der Waals surface area contributed by atoms with Gasteiger partial charge >= 0.3 is 0 Å². The molecule has 1 atom stereocenters. The summed E-state index contributed by atoms with van der Waals surface area (Å²) < 4.78 is 0. The lowest BCUT2D eigenvalue weighted by Gasteiger charge is -2.32. The standard InChI is InChI=1S/C24H38N2OS/c1-18(11-12-21-20(3)10-7-15-24(21,4)5)8-6-9-19(2)13-16-26-22(14-17-28)23(25)27/h6,8-9,11-13,22,26,28H,7,10,14-17H2,1-5H3,(H2,25,27)/b9-6+,12-11+,18-8+,19-13+/t22-/m0/s1. The number of nitrogens with one attached hydrogen (secondary N) is 1. The van der Waals surface area contributed by atoms with Crippen molar-refractivity contribution in [3.05, 3.63) is 58.7 Å². The Labute approximate surface area is 177 Å². The van der Waals surface area contributed by atoms with E-state index in [-0.39, 0.29) is 17.4 Å². The van der Waals surface area contributed by atoms with Crippen molar-refractivity contribution in [3.63, 3.8) is 0 Å². The van der Waals surface area contributed by atoms with E-state index in [2.05, 4.69) is 82.1 Å². The number of carbonyl (C=O) groups is 1. The predicted molar refractivity (Wildman–Crippen MR) is 126 cm³/mol. The molecule has 156 valence electrons. The van der Waals surface area contributed by atoms with Crippen molar-refractivity contribution in [3.8, 4) is 0 Å². The van der Waals surface area contributed by atoms with Crippen molar-refractivity contribution in [1.82, 2.24) is 5.32 Å². The third-order valence-electron chi connectivity index (χ3n) is 5.32. The average Bonchev–Trinajstić information content (AvgIpc) is 2.59. The van der Waals surface area contributed by atoms with E-state index >= 15 is 0 Å². The summed E-state index contributed by atoms with van der Waals surface area (Å²) in [5.41, 5.74) is 11.0. The van der Waals surface area contributed by atoms with E-state index in [0.717, 1.165) is 5.57 Å². The molecular formula is C24H38N2OS. The number of hydrogen-bond donors (Lipinski definition) is 3. The second-order valence-corrected chi connectivity index (χ2v) is 8.81. The van der Waals surface area contributed by atoms with Crippen molar-refractivity contribution < 1.29 is 4.79 Å². The molecule has 0 aromatic heterocycles. The zero-order valence-corrected chi connectivity index (χ0v) is 19.1. The maximum atomic E-state index is 11.3. The van der Waals surface area contributed by atoms with Crippen LogP contribution in [0.25, 0.3) is 0 Å². The Bertz CT molecular complexity index is 681. The van der Waals surface area contributed by atoms with Gasteiger partial charge in [0.15, 0.2) is 0 Å². The van der Waals surface area contributed by atoms with Crippen LogP contribution in [-0.4, -0.2) is 24.2 Å².